The molecule has 98 valence electrons. The first-order valence-corrected chi connectivity index (χ1v) is 6.30. The zero-order chi connectivity index (χ0) is 14.0. The van der Waals surface area contributed by atoms with Crippen LogP contribution in [-0.2, 0) is 0 Å². The number of rotatable bonds is 2. The Hall–Kier alpha value is -2.00. The summed E-state index contributed by atoms with van der Waals surface area (Å²) in [6.07, 6.45) is 0. The standard InChI is InChI=1S/C15H15ClN2O/c1-9-11(5-3-6-12(9)16)15(19)18-14-8-4-7-13(17)10(14)2/h3-8H,17H2,1-2H3,(H,18,19). The number of carbonyl (C=O) groups excluding carboxylic acids is 1. The highest BCUT2D eigenvalue weighted by atomic mass is 35.5. The molecular formula is C15H15ClN2O. The lowest BCUT2D eigenvalue weighted by molar-refractivity contribution is 0.102. The summed E-state index contributed by atoms with van der Waals surface area (Å²) in [5.74, 6) is -0.186. The van der Waals surface area contributed by atoms with Gasteiger partial charge in [0.15, 0.2) is 0 Å². The van der Waals surface area contributed by atoms with Crippen LogP contribution in [0.15, 0.2) is 36.4 Å². The highest BCUT2D eigenvalue weighted by Crippen LogP contribution is 2.23. The summed E-state index contributed by atoms with van der Waals surface area (Å²) < 4.78 is 0. The van der Waals surface area contributed by atoms with Gasteiger partial charge in [-0.1, -0.05) is 23.7 Å². The average molecular weight is 275 g/mol. The monoisotopic (exact) mass is 274 g/mol. The Labute approximate surface area is 117 Å². The van der Waals surface area contributed by atoms with Crippen LogP contribution < -0.4 is 11.1 Å². The fourth-order valence-corrected chi connectivity index (χ4v) is 2.01. The number of hydrogen-bond acceptors (Lipinski definition) is 2. The van der Waals surface area contributed by atoms with Crippen molar-refractivity contribution in [3.8, 4) is 0 Å². The molecule has 0 bridgehead atoms. The maximum Gasteiger partial charge on any atom is 0.255 e. The second kappa shape index (κ2) is 5.33. The molecule has 0 saturated carbocycles. The molecule has 4 heteroatoms. The highest BCUT2D eigenvalue weighted by Gasteiger charge is 2.12. The Bertz CT molecular complexity index is 638. The zero-order valence-electron chi connectivity index (χ0n) is 10.8. The molecule has 3 nitrogen and oxygen atoms in total. The number of anilines is 2. The van der Waals surface area contributed by atoms with Crippen LogP contribution in [0.3, 0.4) is 0 Å². The fraction of sp³-hybridized carbons (Fsp3) is 0.133. The van der Waals surface area contributed by atoms with Crippen molar-refractivity contribution in [2.75, 3.05) is 11.1 Å². The van der Waals surface area contributed by atoms with Crippen LogP contribution in [0.2, 0.25) is 5.02 Å². The molecule has 2 aromatic rings. The lowest BCUT2D eigenvalue weighted by atomic mass is 10.1. The minimum Gasteiger partial charge on any atom is -0.398 e. The van der Waals surface area contributed by atoms with Crippen molar-refractivity contribution in [2.45, 2.75) is 13.8 Å². The first-order valence-electron chi connectivity index (χ1n) is 5.92. The number of hydrogen-bond donors (Lipinski definition) is 2. The van der Waals surface area contributed by atoms with E-state index in [9.17, 15) is 4.79 Å². The lowest BCUT2D eigenvalue weighted by Crippen LogP contribution is -2.14. The zero-order valence-corrected chi connectivity index (χ0v) is 11.6. The predicted molar refractivity (Wildman–Crippen MR) is 79.7 cm³/mol. The third-order valence-corrected chi connectivity index (χ3v) is 3.55. The van der Waals surface area contributed by atoms with Crippen molar-refractivity contribution in [1.29, 1.82) is 0 Å². The van der Waals surface area contributed by atoms with Crippen LogP contribution in [0, 0.1) is 13.8 Å². The summed E-state index contributed by atoms with van der Waals surface area (Å²) in [7, 11) is 0. The largest absolute Gasteiger partial charge is 0.398 e. The quantitative estimate of drug-likeness (QED) is 0.819. The molecule has 19 heavy (non-hydrogen) atoms. The smallest absolute Gasteiger partial charge is 0.255 e. The second-order valence-electron chi connectivity index (χ2n) is 4.39. The van der Waals surface area contributed by atoms with E-state index in [1.807, 2.05) is 26.0 Å². The van der Waals surface area contributed by atoms with Gasteiger partial charge in [-0.3, -0.25) is 4.79 Å². The van der Waals surface area contributed by atoms with E-state index in [0.29, 0.717) is 22.0 Å². The Morgan fingerprint density at radius 3 is 2.53 bits per heavy atom. The maximum absolute atomic E-state index is 12.2. The molecule has 3 N–H and O–H groups in total. The molecule has 0 aliphatic rings. The molecule has 0 heterocycles. The van der Waals surface area contributed by atoms with Gasteiger partial charge in [0.25, 0.3) is 5.91 Å². The van der Waals surface area contributed by atoms with Crippen molar-refractivity contribution in [3.63, 3.8) is 0 Å². The van der Waals surface area contributed by atoms with E-state index < -0.39 is 0 Å². The van der Waals surface area contributed by atoms with Crippen LogP contribution in [-0.4, -0.2) is 5.91 Å². The molecule has 0 spiro atoms. The predicted octanol–water partition coefficient (Wildman–Crippen LogP) is 3.79. The van der Waals surface area contributed by atoms with Crippen LogP contribution in [0.1, 0.15) is 21.5 Å². The minimum absolute atomic E-state index is 0.186. The molecule has 2 aromatic carbocycles. The third kappa shape index (κ3) is 2.71. The molecule has 0 aliphatic carbocycles. The molecular weight excluding hydrogens is 260 g/mol. The minimum atomic E-state index is -0.186. The number of nitrogen functional groups attached to an aromatic ring is 1. The maximum atomic E-state index is 12.2. The van der Waals surface area contributed by atoms with Gasteiger partial charge in [0.05, 0.1) is 0 Å². The van der Waals surface area contributed by atoms with Gasteiger partial charge < -0.3 is 11.1 Å². The molecule has 1 amide bonds. The van der Waals surface area contributed by atoms with Gasteiger partial charge in [-0.25, -0.2) is 0 Å². The van der Waals surface area contributed by atoms with Gasteiger partial charge >= 0.3 is 0 Å². The molecule has 0 unspecified atom stereocenters. The third-order valence-electron chi connectivity index (χ3n) is 3.14. The van der Waals surface area contributed by atoms with Crippen molar-refractivity contribution >= 4 is 28.9 Å². The van der Waals surface area contributed by atoms with E-state index in [1.165, 1.54) is 0 Å². The number of halogens is 1. The molecule has 0 saturated heterocycles. The summed E-state index contributed by atoms with van der Waals surface area (Å²) in [4.78, 5) is 12.2. The summed E-state index contributed by atoms with van der Waals surface area (Å²) in [5.41, 5.74) is 9.37. The topological polar surface area (TPSA) is 55.1 Å². The Kier molecular flexibility index (Phi) is 3.76. The summed E-state index contributed by atoms with van der Waals surface area (Å²) in [6.45, 7) is 3.69. The highest BCUT2D eigenvalue weighted by molar-refractivity contribution is 6.32. The number of nitrogens with one attached hydrogen (secondary N) is 1. The van der Waals surface area contributed by atoms with E-state index in [2.05, 4.69) is 5.32 Å². The van der Waals surface area contributed by atoms with Gasteiger partial charge in [0, 0.05) is 22.0 Å². The van der Waals surface area contributed by atoms with E-state index in [1.54, 1.807) is 24.3 Å². The van der Waals surface area contributed by atoms with E-state index in [4.69, 9.17) is 17.3 Å². The summed E-state index contributed by atoms with van der Waals surface area (Å²) >= 11 is 6.02. The van der Waals surface area contributed by atoms with E-state index in [-0.39, 0.29) is 5.91 Å². The van der Waals surface area contributed by atoms with Crippen molar-refractivity contribution in [3.05, 3.63) is 58.1 Å². The van der Waals surface area contributed by atoms with Gasteiger partial charge in [-0.2, -0.15) is 0 Å². The molecule has 0 radical (unpaired) electrons. The van der Waals surface area contributed by atoms with Gasteiger partial charge in [0.1, 0.15) is 0 Å². The van der Waals surface area contributed by atoms with Gasteiger partial charge in [-0.05, 0) is 49.2 Å². The van der Waals surface area contributed by atoms with Crippen LogP contribution in [0.4, 0.5) is 11.4 Å². The summed E-state index contributed by atoms with van der Waals surface area (Å²) in [5, 5.41) is 3.44. The normalized spacial score (nSPS) is 10.3. The van der Waals surface area contributed by atoms with Crippen LogP contribution >= 0.6 is 11.6 Å². The molecule has 0 atom stereocenters. The number of benzene rings is 2. The lowest BCUT2D eigenvalue weighted by Gasteiger charge is -2.12. The van der Waals surface area contributed by atoms with E-state index >= 15 is 0 Å². The number of nitrogens with two attached hydrogens (primary N) is 1. The van der Waals surface area contributed by atoms with Crippen LogP contribution in [0.5, 0.6) is 0 Å². The van der Waals surface area contributed by atoms with E-state index in [0.717, 1.165) is 11.1 Å². The second-order valence-corrected chi connectivity index (χ2v) is 4.79. The molecule has 0 aliphatic heterocycles. The Morgan fingerprint density at radius 1 is 1.11 bits per heavy atom. The van der Waals surface area contributed by atoms with Crippen molar-refractivity contribution in [1.82, 2.24) is 0 Å². The molecule has 0 aromatic heterocycles. The van der Waals surface area contributed by atoms with Gasteiger partial charge in [0.2, 0.25) is 0 Å². The Balaban J connectivity index is 2.31. The fourth-order valence-electron chi connectivity index (χ4n) is 1.83. The number of amides is 1. The average Bonchev–Trinajstić information content (AvgIpc) is 2.38. The Morgan fingerprint density at radius 2 is 1.79 bits per heavy atom. The van der Waals surface area contributed by atoms with Gasteiger partial charge in [-0.15, -0.1) is 0 Å². The van der Waals surface area contributed by atoms with Crippen molar-refractivity contribution in [2.24, 2.45) is 0 Å². The molecule has 0 fully saturated rings. The first-order chi connectivity index (χ1) is 9.00. The molecule has 2 rings (SSSR count). The van der Waals surface area contributed by atoms with Crippen LogP contribution in [0.25, 0.3) is 0 Å². The van der Waals surface area contributed by atoms with Crippen molar-refractivity contribution < 1.29 is 4.79 Å². The SMILES string of the molecule is Cc1c(N)cccc1NC(=O)c1cccc(Cl)c1C. The summed E-state index contributed by atoms with van der Waals surface area (Å²) in [6, 6.07) is 10.7. The first kappa shape index (κ1) is 13.4. The number of carbonyl (C=O) groups is 1.